The summed E-state index contributed by atoms with van der Waals surface area (Å²) in [6.45, 7) is 8.09. The van der Waals surface area contributed by atoms with Crippen molar-refractivity contribution < 1.29 is 0 Å². The fraction of sp³-hybridized carbons (Fsp3) is 0.385. The van der Waals surface area contributed by atoms with Crippen LogP contribution < -0.4 is 0 Å². The van der Waals surface area contributed by atoms with Crippen LogP contribution >= 0.6 is 0 Å². The Morgan fingerprint density at radius 1 is 1.69 bits per heavy atom. The van der Waals surface area contributed by atoms with Gasteiger partial charge in [-0.05, 0) is 31.3 Å². The van der Waals surface area contributed by atoms with Crippen molar-refractivity contribution in [2.45, 2.75) is 26.7 Å². The maximum absolute atomic E-state index is 3.83. The molecule has 0 saturated carbocycles. The Morgan fingerprint density at radius 3 is 3.00 bits per heavy atom. The second kappa shape index (κ2) is 4.86. The molecule has 1 atom stereocenters. The lowest BCUT2D eigenvalue weighted by atomic mass is 9.97. The van der Waals surface area contributed by atoms with Crippen LogP contribution in [0.2, 0.25) is 0 Å². The average Bonchev–Trinajstić information content (AvgIpc) is 2.08. The van der Waals surface area contributed by atoms with Gasteiger partial charge < -0.3 is 0 Å². The SMILES string of the molecule is C=C(C)/C=C\CC1=CCC(C)C=C1. The Kier molecular flexibility index (Phi) is 3.75. The Hall–Kier alpha value is -1.04. The fourth-order valence-corrected chi connectivity index (χ4v) is 1.32. The third-order valence-corrected chi connectivity index (χ3v) is 2.15. The molecule has 0 heteroatoms. The number of hydrogen-bond donors (Lipinski definition) is 0. The third kappa shape index (κ3) is 3.93. The van der Waals surface area contributed by atoms with Gasteiger partial charge in [0.05, 0.1) is 0 Å². The molecule has 0 bridgehead atoms. The van der Waals surface area contributed by atoms with Crippen molar-refractivity contribution in [3.63, 3.8) is 0 Å². The zero-order chi connectivity index (χ0) is 9.68. The predicted octanol–water partition coefficient (Wildman–Crippen LogP) is 4.03. The molecule has 13 heavy (non-hydrogen) atoms. The van der Waals surface area contributed by atoms with Crippen molar-refractivity contribution in [3.8, 4) is 0 Å². The molecule has 1 unspecified atom stereocenters. The standard InChI is InChI=1S/C13H18/c1-11(2)5-4-6-13-9-7-12(3)8-10-13/h4-5,7,9-10,12H,1,6,8H2,2-3H3/b5-4-. The molecule has 0 aromatic carbocycles. The summed E-state index contributed by atoms with van der Waals surface area (Å²) in [7, 11) is 0. The summed E-state index contributed by atoms with van der Waals surface area (Å²) >= 11 is 0. The summed E-state index contributed by atoms with van der Waals surface area (Å²) < 4.78 is 0. The molecule has 1 rings (SSSR count). The summed E-state index contributed by atoms with van der Waals surface area (Å²) in [6, 6.07) is 0. The van der Waals surface area contributed by atoms with E-state index >= 15 is 0 Å². The monoisotopic (exact) mass is 174 g/mol. The largest absolute Gasteiger partial charge is 0.0961 e. The molecule has 0 aromatic rings. The lowest BCUT2D eigenvalue weighted by Gasteiger charge is -2.09. The highest BCUT2D eigenvalue weighted by molar-refractivity contribution is 5.26. The first-order valence-corrected chi connectivity index (χ1v) is 4.88. The first kappa shape index (κ1) is 10.0. The fourth-order valence-electron chi connectivity index (χ4n) is 1.32. The molecule has 0 fully saturated rings. The number of allylic oxidation sites excluding steroid dienone is 7. The predicted molar refractivity (Wildman–Crippen MR) is 59.6 cm³/mol. The highest BCUT2D eigenvalue weighted by Crippen LogP contribution is 2.18. The van der Waals surface area contributed by atoms with E-state index in [1.165, 1.54) is 12.0 Å². The van der Waals surface area contributed by atoms with Gasteiger partial charge in [0.2, 0.25) is 0 Å². The molecule has 0 aromatic heterocycles. The van der Waals surface area contributed by atoms with Gasteiger partial charge in [0.15, 0.2) is 0 Å². The van der Waals surface area contributed by atoms with Crippen LogP contribution in [0.25, 0.3) is 0 Å². The van der Waals surface area contributed by atoms with Crippen molar-refractivity contribution >= 4 is 0 Å². The molecule has 0 heterocycles. The molecule has 0 N–H and O–H groups in total. The van der Waals surface area contributed by atoms with Gasteiger partial charge in [-0.2, -0.15) is 0 Å². The zero-order valence-electron chi connectivity index (χ0n) is 8.59. The lowest BCUT2D eigenvalue weighted by molar-refractivity contribution is 0.728. The Morgan fingerprint density at radius 2 is 2.46 bits per heavy atom. The van der Waals surface area contributed by atoms with Crippen LogP contribution in [0.5, 0.6) is 0 Å². The van der Waals surface area contributed by atoms with E-state index in [9.17, 15) is 0 Å². The van der Waals surface area contributed by atoms with Crippen molar-refractivity contribution in [2.75, 3.05) is 0 Å². The third-order valence-electron chi connectivity index (χ3n) is 2.15. The molecule has 0 radical (unpaired) electrons. The smallest absolute Gasteiger partial charge is 0.00975 e. The van der Waals surface area contributed by atoms with Crippen LogP contribution in [0, 0.1) is 5.92 Å². The Labute approximate surface area is 81.4 Å². The Bertz CT molecular complexity index is 264. The maximum atomic E-state index is 3.83. The molecular weight excluding hydrogens is 156 g/mol. The average molecular weight is 174 g/mol. The molecule has 0 aliphatic heterocycles. The zero-order valence-corrected chi connectivity index (χ0v) is 8.59. The molecule has 70 valence electrons. The van der Waals surface area contributed by atoms with E-state index in [0.717, 1.165) is 12.0 Å². The van der Waals surface area contributed by atoms with Crippen molar-refractivity contribution in [2.24, 2.45) is 5.92 Å². The molecule has 1 aliphatic rings. The Balaban J connectivity index is 2.39. The van der Waals surface area contributed by atoms with E-state index in [-0.39, 0.29) is 0 Å². The van der Waals surface area contributed by atoms with Gasteiger partial charge in [-0.15, -0.1) is 0 Å². The quantitative estimate of drug-likeness (QED) is 0.567. The van der Waals surface area contributed by atoms with E-state index in [1.807, 2.05) is 6.92 Å². The lowest BCUT2D eigenvalue weighted by Crippen LogP contribution is -1.93. The van der Waals surface area contributed by atoms with Gasteiger partial charge in [-0.25, -0.2) is 0 Å². The second-order valence-corrected chi connectivity index (χ2v) is 3.80. The molecule has 1 aliphatic carbocycles. The van der Waals surface area contributed by atoms with Gasteiger partial charge in [0.25, 0.3) is 0 Å². The normalized spacial score (nSPS) is 22.0. The molecule has 0 nitrogen and oxygen atoms in total. The number of rotatable bonds is 3. The first-order chi connectivity index (χ1) is 6.18. The van der Waals surface area contributed by atoms with Crippen LogP contribution in [0.1, 0.15) is 26.7 Å². The van der Waals surface area contributed by atoms with Crippen molar-refractivity contribution in [3.05, 3.63) is 48.1 Å². The van der Waals surface area contributed by atoms with Gasteiger partial charge >= 0.3 is 0 Å². The van der Waals surface area contributed by atoms with E-state index in [4.69, 9.17) is 0 Å². The van der Waals surface area contributed by atoms with Gasteiger partial charge in [-0.3, -0.25) is 0 Å². The summed E-state index contributed by atoms with van der Waals surface area (Å²) in [5.74, 6) is 0.717. The van der Waals surface area contributed by atoms with Crippen LogP contribution in [0.4, 0.5) is 0 Å². The minimum atomic E-state index is 0.717. The second-order valence-electron chi connectivity index (χ2n) is 3.80. The summed E-state index contributed by atoms with van der Waals surface area (Å²) in [6.07, 6.45) is 13.3. The summed E-state index contributed by atoms with van der Waals surface area (Å²) in [5.41, 5.74) is 2.55. The molecular formula is C13H18. The van der Waals surface area contributed by atoms with Crippen LogP contribution in [-0.4, -0.2) is 0 Å². The summed E-state index contributed by atoms with van der Waals surface area (Å²) in [4.78, 5) is 0. The van der Waals surface area contributed by atoms with E-state index in [0.29, 0.717) is 5.92 Å². The highest BCUT2D eigenvalue weighted by atomic mass is 14.1. The van der Waals surface area contributed by atoms with E-state index < -0.39 is 0 Å². The summed E-state index contributed by atoms with van der Waals surface area (Å²) in [5, 5.41) is 0. The molecule has 0 saturated heterocycles. The molecule has 0 amide bonds. The van der Waals surface area contributed by atoms with E-state index in [2.05, 4.69) is 43.9 Å². The minimum absolute atomic E-state index is 0.717. The topological polar surface area (TPSA) is 0 Å². The first-order valence-electron chi connectivity index (χ1n) is 4.88. The van der Waals surface area contributed by atoms with Gasteiger partial charge in [0, 0.05) is 0 Å². The number of hydrogen-bond acceptors (Lipinski definition) is 0. The van der Waals surface area contributed by atoms with Crippen LogP contribution in [0.15, 0.2) is 48.1 Å². The van der Waals surface area contributed by atoms with Crippen molar-refractivity contribution in [1.82, 2.24) is 0 Å². The van der Waals surface area contributed by atoms with Crippen molar-refractivity contribution in [1.29, 1.82) is 0 Å². The minimum Gasteiger partial charge on any atom is -0.0961 e. The van der Waals surface area contributed by atoms with Crippen LogP contribution in [-0.2, 0) is 0 Å². The van der Waals surface area contributed by atoms with E-state index in [1.54, 1.807) is 0 Å². The highest BCUT2D eigenvalue weighted by Gasteiger charge is 2.01. The molecule has 0 spiro atoms. The van der Waals surface area contributed by atoms with Crippen LogP contribution in [0.3, 0.4) is 0 Å². The maximum Gasteiger partial charge on any atom is -0.00975 e. The van der Waals surface area contributed by atoms with Gasteiger partial charge in [-0.1, -0.05) is 49.5 Å². The van der Waals surface area contributed by atoms with Gasteiger partial charge in [0.1, 0.15) is 0 Å².